The van der Waals surface area contributed by atoms with Crippen molar-refractivity contribution < 1.29 is 9.59 Å². The summed E-state index contributed by atoms with van der Waals surface area (Å²) in [6.45, 7) is 5.01. The van der Waals surface area contributed by atoms with Crippen LogP contribution in [0, 0.1) is 6.92 Å². The maximum atomic E-state index is 12.8. The second-order valence-electron chi connectivity index (χ2n) is 6.63. The second kappa shape index (κ2) is 9.00. The third-order valence-electron chi connectivity index (χ3n) is 4.56. The Bertz CT molecular complexity index is 950. The molecule has 4 heteroatoms. The summed E-state index contributed by atoms with van der Waals surface area (Å²) in [6.07, 6.45) is 0. The van der Waals surface area contributed by atoms with Crippen LogP contribution >= 0.6 is 0 Å². The molecule has 0 radical (unpaired) electrons. The highest BCUT2D eigenvalue weighted by atomic mass is 16.2. The Balaban J connectivity index is 1.66. The highest BCUT2D eigenvalue weighted by Crippen LogP contribution is 2.17. The van der Waals surface area contributed by atoms with Crippen LogP contribution in [0.2, 0.25) is 0 Å². The van der Waals surface area contributed by atoms with Gasteiger partial charge < -0.3 is 10.2 Å². The van der Waals surface area contributed by atoms with Crippen LogP contribution < -0.4 is 10.2 Å². The average molecular weight is 372 g/mol. The van der Waals surface area contributed by atoms with Gasteiger partial charge in [-0.3, -0.25) is 9.59 Å². The van der Waals surface area contributed by atoms with E-state index in [0.29, 0.717) is 24.2 Å². The summed E-state index contributed by atoms with van der Waals surface area (Å²) in [4.78, 5) is 26.9. The fourth-order valence-corrected chi connectivity index (χ4v) is 3.08. The molecule has 0 bridgehead atoms. The van der Waals surface area contributed by atoms with E-state index in [0.717, 1.165) is 16.8 Å². The molecule has 3 rings (SSSR count). The van der Waals surface area contributed by atoms with Crippen molar-refractivity contribution in [1.82, 2.24) is 5.32 Å². The number of amides is 2. The fourth-order valence-electron chi connectivity index (χ4n) is 3.08. The number of anilines is 1. The Kier molecular flexibility index (Phi) is 6.22. The van der Waals surface area contributed by atoms with Crippen molar-refractivity contribution in [2.24, 2.45) is 0 Å². The van der Waals surface area contributed by atoms with Gasteiger partial charge in [-0.25, -0.2) is 0 Å². The smallest absolute Gasteiger partial charge is 0.258 e. The highest BCUT2D eigenvalue weighted by Gasteiger charge is 2.16. The molecule has 1 N–H and O–H groups in total. The van der Waals surface area contributed by atoms with E-state index in [4.69, 9.17) is 0 Å². The van der Waals surface area contributed by atoms with Crippen LogP contribution in [-0.4, -0.2) is 18.4 Å². The molecule has 0 saturated carbocycles. The minimum Gasteiger partial charge on any atom is -0.348 e. The number of nitrogens with one attached hydrogen (secondary N) is 1. The lowest BCUT2D eigenvalue weighted by molar-refractivity contribution is 0.0947. The third-order valence-corrected chi connectivity index (χ3v) is 4.56. The lowest BCUT2D eigenvalue weighted by atomic mass is 10.1. The van der Waals surface area contributed by atoms with Crippen LogP contribution in [0.4, 0.5) is 5.69 Å². The number of hydrogen-bond donors (Lipinski definition) is 1. The van der Waals surface area contributed by atoms with Crippen LogP contribution in [-0.2, 0) is 6.54 Å². The van der Waals surface area contributed by atoms with Gasteiger partial charge in [0.15, 0.2) is 0 Å². The summed E-state index contributed by atoms with van der Waals surface area (Å²) in [7, 11) is 0. The van der Waals surface area contributed by atoms with Crippen LogP contribution in [0.3, 0.4) is 0 Å². The molecule has 0 aliphatic rings. The Morgan fingerprint density at radius 3 is 2.18 bits per heavy atom. The average Bonchev–Trinajstić information content (AvgIpc) is 2.73. The normalized spacial score (nSPS) is 10.4. The van der Waals surface area contributed by atoms with Gasteiger partial charge in [-0.2, -0.15) is 0 Å². The number of para-hydroxylation sites is 1. The minimum atomic E-state index is -0.157. The van der Waals surface area contributed by atoms with E-state index in [1.807, 2.05) is 68.4 Å². The summed E-state index contributed by atoms with van der Waals surface area (Å²) >= 11 is 0. The van der Waals surface area contributed by atoms with E-state index in [2.05, 4.69) is 5.32 Å². The fraction of sp³-hybridized carbons (Fsp3) is 0.167. The molecule has 3 aromatic carbocycles. The molecule has 0 fully saturated rings. The molecule has 0 atom stereocenters. The molecule has 2 amide bonds. The number of nitrogens with zero attached hydrogens (tertiary/aromatic N) is 1. The van der Waals surface area contributed by atoms with Crippen molar-refractivity contribution >= 4 is 17.5 Å². The van der Waals surface area contributed by atoms with Gasteiger partial charge in [-0.1, -0.05) is 48.0 Å². The molecule has 0 aliphatic carbocycles. The maximum absolute atomic E-state index is 12.8. The molecule has 0 saturated heterocycles. The molecule has 0 unspecified atom stereocenters. The summed E-state index contributed by atoms with van der Waals surface area (Å²) in [5.74, 6) is -0.240. The topological polar surface area (TPSA) is 49.4 Å². The number of rotatable bonds is 6. The quantitative estimate of drug-likeness (QED) is 0.688. The predicted molar refractivity (Wildman–Crippen MR) is 113 cm³/mol. The Morgan fingerprint density at radius 2 is 1.54 bits per heavy atom. The van der Waals surface area contributed by atoms with Crippen LogP contribution in [0.15, 0.2) is 78.9 Å². The van der Waals surface area contributed by atoms with Crippen molar-refractivity contribution in [3.05, 3.63) is 101 Å². The highest BCUT2D eigenvalue weighted by molar-refractivity contribution is 6.06. The minimum absolute atomic E-state index is 0.0829. The van der Waals surface area contributed by atoms with E-state index >= 15 is 0 Å². The van der Waals surface area contributed by atoms with Crippen molar-refractivity contribution in [3.63, 3.8) is 0 Å². The Morgan fingerprint density at radius 1 is 0.857 bits per heavy atom. The van der Waals surface area contributed by atoms with Crippen LogP contribution in [0.5, 0.6) is 0 Å². The first-order chi connectivity index (χ1) is 13.6. The van der Waals surface area contributed by atoms with Gasteiger partial charge in [0, 0.05) is 29.9 Å². The predicted octanol–water partition coefficient (Wildman–Crippen LogP) is 4.59. The monoisotopic (exact) mass is 372 g/mol. The zero-order valence-corrected chi connectivity index (χ0v) is 16.2. The lowest BCUT2D eigenvalue weighted by Crippen LogP contribution is -2.30. The van der Waals surface area contributed by atoms with Crippen molar-refractivity contribution in [2.75, 3.05) is 11.4 Å². The molecule has 4 nitrogen and oxygen atoms in total. The van der Waals surface area contributed by atoms with Crippen LogP contribution in [0.25, 0.3) is 0 Å². The molecular weight excluding hydrogens is 348 g/mol. The summed E-state index contributed by atoms with van der Waals surface area (Å²) in [5.41, 5.74) is 4.16. The van der Waals surface area contributed by atoms with E-state index < -0.39 is 0 Å². The molecular formula is C24H24N2O2. The Hall–Kier alpha value is -3.40. The standard InChI is InChI=1S/C24H24N2O2/c1-3-26(22-10-5-4-6-11-22)24(28)21-14-12-20(13-15-21)23(27)25-17-19-9-7-8-18(2)16-19/h4-16H,3,17H2,1-2H3,(H,25,27). The van der Waals surface area contributed by atoms with E-state index in [1.54, 1.807) is 29.2 Å². The zero-order chi connectivity index (χ0) is 19.9. The second-order valence-corrected chi connectivity index (χ2v) is 6.63. The SMILES string of the molecule is CCN(C(=O)c1ccc(C(=O)NCc2cccc(C)c2)cc1)c1ccccc1. The number of aryl methyl sites for hydroxylation is 1. The number of carbonyl (C=O) groups excluding carboxylic acids is 2. The first kappa shape index (κ1) is 19.4. The molecule has 0 spiro atoms. The summed E-state index contributed by atoms with van der Waals surface area (Å²) in [6, 6.07) is 24.4. The lowest BCUT2D eigenvalue weighted by Gasteiger charge is -2.21. The van der Waals surface area contributed by atoms with Gasteiger partial charge in [-0.15, -0.1) is 0 Å². The molecule has 142 valence electrons. The zero-order valence-electron chi connectivity index (χ0n) is 16.2. The summed E-state index contributed by atoms with van der Waals surface area (Å²) < 4.78 is 0. The van der Waals surface area contributed by atoms with Gasteiger partial charge in [0.25, 0.3) is 11.8 Å². The van der Waals surface area contributed by atoms with Crippen molar-refractivity contribution in [2.45, 2.75) is 20.4 Å². The summed E-state index contributed by atoms with van der Waals surface area (Å²) in [5, 5.41) is 2.92. The molecule has 0 aliphatic heterocycles. The van der Waals surface area contributed by atoms with Gasteiger partial charge >= 0.3 is 0 Å². The largest absolute Gasteiger partial charge is 0.348 e. The van der Waals surface area contributed by atoms with Crippen molar-refractivity contribution in [3.8, 4) is 0 Å². The molecule has 3 aromatic rings. The first-order valence-corrected chi connectivity index (χ1v) is 9.39. The van der Waals surface area contributed by atoms with Gasteiger partial charge in [-0.05, 0) is 55.8 Å². The van der Waals surface area contributed by atoms with E-state index in [9.17, 15) is 9.59 Å². The molecule has 0 aromatic heterocycles. The van der Waals surface area contributed by atoms with Gasteiger partial charge in [0.2, 0.25) is 0 Å². The van der Waals surface area contributed by atoms with E-state index in [1.165, 1.54) is 0 Å². The molecule has 28 heavy (non-hydrogen) atoms. The number of hydrogen-bond acceptors (Lipinski definition) is 2. The number of carbonyl (C=O) groups is 2. The molecule has 0 heterocycles. The van der Waals surface area contributed by atoms with Gasteiger partial charge in [0.1, 0.15) is 0 Å². The van der Waals surface area contributed by atoms with Gasteiger partial charge in [0.05, 0.1) is 0 Å². The van der Waals surface area contributed by atoms with E-state index in [-0.39, 0.29) is 11.8 Å². The maximum Gasteiger partial charge on any atom is 0.258 e. The Labute approximate surface area is 165 Å². The van der Waals surface area contributed by atoms with Crippen LogP contribution in [0.1, 0.15) is 38.8 Å². The number of benzene rings is 3. The third kappa shape index (κ3) is 4.65. The first-order valence-electron chi connectivity index (χ1n) is 9.39. The van der Waals surface area contributed by atoms with Crippen molar-refractivity contribution in [1.29, 1.82) is 0 Å².